The van der Waals surface area contributed by atoms with Crippen molar-refractivity contribution in [3.8, 4) is 0 Å². The van der Waals surface area contributed by atoms with Crippen LogP contribution in [0.15, 0.2) is 24.3 Å². The van der Waals surface area contributed by atoms with E-state index in [1.165, 1.54) is 7.11 Å². The topological polar surface area (TPSA) is 88.1 Å². The number of carbonyl (C=O) groups excluding carboxylic acids is 2. The molecule has 0 radical (unpaired) electrons. The molecule has 2 N–H and O–H groups in total. The number of aliphatic hydroxyl groups is 1. The predicted octanol–water partition coefficient (Wildman–Crippen LogP) is 4.53. The first-order valence-electron chi connectivity index (χ1n) is 10.3. The zero-order chi connectivity index (χ0) is 22.3. The van der Waals surface area contributed by atoms with Crippen LogP contribution in [-0.4, -0.2) is 54.1 Å². The molecule has 0 aromatic heterocycles. The lowest BCUT2D eigenvalue weighted by molar-refractivity contribution is 0.000822. The van der Waals surface area contributed by atoms with Crippen molar-refractivity contribution < 1.29 is 24.2 Å². The average molecular weight is 441 g/mol. The highest BCUT2D eigenvalue weighted by Gasteiger charge is 2.31. The molecule has 30 heavy (non-hydrogen) atoms. The summed E-state index contributed by atoms with van der Waals surface area (Å²) in [6.07, 6.45) is 1.16. The van der Waals surface area contributed by atoms with Gasteiger partial charge < -0.3 is 24.8 Å². The number of nitrogens with one attached hydrogen (secondary N) is 1. The van der Waals surface area contributed by atoms with Gasteiger partial charge in [0.15, 0.2) is 0 Å². The van der Waals surface area contributed by atoms with Crippen LogP contribution in [0.25, 0.3) is 0 Å². The molecule has 0 bridgehead atoms. The van der Waals surface area contributed by atoms with Gasteiger partial charge in [0.2, 0.25) is 0 Å². The molecule has 0 spiro atoms. The van der Waals surface area contributed by atoms with Gasteiger partial charge in [-0.05, 0) is 64.2 Å². The van der Waals surface area contributed by atoms with Gasteiger partial charge in [-0.1, -0.05) is 23.7 Å². The third-order valence-electron chi connectivity index (χ3n) is 5.13. The molecule has 1 aromatic rings. The number of hydrogen-bond acceptors (Lipinski definition) is 5. The number of methoxy groups -OCH3 is 1. The summed E-state index contributed by atoms with van der Waals surface area (Å²) in [7, 11) is 1.31. The lowest BCUT2D eigenvalue weighted by Crippen LogP contribution is -2.45. The Labute approximate surface area is 183 Å². The summed E-state index contributed by atoms with van der Waals surface area (Å²) in [5, 5.41) is 14.2. The molecule has 7 nitrogen and oxygen atoms in total. The zero-order valence-electron chi connectivity index (χ0n) is 18.2. The van der Waals surface area contributed by atoms with Crippen molar-refractivity contribution in [2.75, 3.05) is 20.2 Å². The minimum absolute atomic E-state index is 0.0376. The van der Waals surface area contributed by atoms with Gasteiger partial charge >= 0.3 is 12.2 Å². The van der Waals surface area contributed by atoms with Crippen molar-refractivity contribution in [2.24, 2.45) is 5.92 Å². The Balaban J connectivity index is 1.97. The summed E-state index contributed by atoms with van der Waals surface area (Å²) in [4.78, 5) is 25.8. The number of carbonyl (C=O) groups is 2. The van der Waals surface area contributed by atoms with Crippen molar-refractivity contribution in [3.63, 3.8) is 0 Å². The molecule has 1 saturated heterocycles. The van der Waals surface area contributed by atoms with E-state index in [0.29, 0.717) is 31.0 Å². The first kappa shape index (κ1) is 24.3. The van der Waals surface area contributed by atoms with Gasteiger partial charge in [0.1, 0.15) is 5.60 Å². The minimum Gasteiger partial charge on any atom is -0.453 e. The second-order valence-electron chi connectivity index (χ2n) is 8.72. The van der Waals surface area contributed by atoms with E-state index in [4.69, 9.17) is 21.1 Å². The number of aliphatic hydroxyl groups excluding tert-OH is 1. The van der Waals surface area contributed by atoms with Gasteiger partial charge in [0, 0.05) is 24.0 Å². The summed E-state index contributed by atoms with van der Waals surface area (Å²) >= 11 is 6.09. The largest absolute Gasteiger partial charge is 0.453 e. The molecular weight excluding hydrogens is 408 g/mol. The van der Waals surface area contributed by atoms with Crippen LogP contribution in [-0.2, 0) is 9.47 Å². The van der Waals surface area contributed by atoms with E-state index in [1.807, 2.05) is 32.9 Å². The highest BCUT2D eigenvalue weighted by atomic mass is 35.5. The fourth-order valence-electron chi connectivity index (χ4n) is 3.64. The quantitative estimate of drug-likeness (QED) is 0.678. The van der Waals surface area contributed by atoms with Gasteiger partial charge in [-0.25, -0.2) is 9.59 Å². The number of ether oxygens (including phenoxy) is 2. The zero-order valence-corrected chi connectivity index (χ0v) is 18.9. The number of piperidine rings is 1. The van der Waals surface area contributed by atoms with E-state index in [2.05, 4.69) is 5.32 Å². The number of alkyl carbamates (subject to hydrolysis) is 1. The van der Waals surface area contributed by atoms with Gasteiger partial charge in [0.25, 0.3) is 0 Å². The molecule has 1 heterocycles. The molecule has 0 aliphatic carbocycles. The average Bonchev–Trinajstić information content (AvgIpc) is 2.69. The first-order chi connectivity index (χ1) is 14.1. The molecule has 3 atom stereocenters. The minimum atomic E-state index is -0.601. The number of benzene rings is 1. The molecule has 8 heteroatoms. The fraction of sp³-hybridized carbons (Fsp3) is 0.636. The van der Waals surface area contributed by atoms with Gasteiger partial charge in [0.05, 0.1) is 19.3 Å². The molecule has 1 fully saturated rings. The number of halogens is 1. The Morgan fingerprint density at radius 3 is 2.70 bits per heavy atom. The van der Waals surface area contributed by atoms with Gasteiger partial charge in [-0.15, -0.1) is 0 Å². The molecule has 2 rings (SSSR count). The molecule has 168 valence electrons. The number of rotatable bonds is 6. The first-order valence-corrected chi connectivity index (χ1v) is 10.7. The third kappa shape index (κ3) is 7.69. The molecule has 3 unspecified atom stereocenters. The molecule has 0 saturated carbocycles. The Bertz CT molecular complexity index is 722. The van der Waals surface area contributed by atoms with Crippen LogP contribution < -0.4 is 5.32 Å². The SMILES string of the molecule is COC(=O)NC(CCC(O)C1CCCN(C(=O)OC(C)(C)C)C1)c1cccc(Cl)c1. The van der Waals surface area contributed by atoms with Crippen LogP contribution >= 0.6 is 11.6 Å². The number of nitrogens with zero attached hydrogens (tertiary/aromatic N) is 1. The molecule has 1 aromatic carbocycles. The molecule has 1 aliphatic heterocycles. The predicted molar refractivity (Wildman–Crippen MR) is 116 cm³/mol. The summed E-state index contributed by atoms with van der Waals surface area (Å²) < 4.78 is 10.2. The summed E-state index contributed by atoms with van der Waals surface area (Å²) in [5.41, 5.74) is 0.297. The summed E-state index contributed by atoms with van der Waals surface area (Å²) in [6, 6.07) is 6.92. The van der Waals surface area contributed by atoms with E-state index in [-0.39, 0.29) is 18.1 Å². The Morgan fingerprint density at radius 2 is 2.07 bits per heavy atom. The number of likely N-dealkylation sites (tertiary alicyclic amines) is 1. The molecule has 2 amide bonds. The number of amides is 2. The maximum Gasteiger partial charge on any atom is 0.410 e. The van der Waals surface area contributed by atoms with Crippen molar-refractivity contribution in [1.82, 2.24) is 10.2 Å². The highest BCUT2D eigenvalue weighted by molar-refractivity contribution is 6.30. The highest BCUT2D eigenvalue weighted by Crippen LogP contribution is 2.28. The third-order valence-corrected chi connectivity index (χ3v) is 5.37. The van der Waals surface area contributed by atoms with Crippen molar-refractivity contribution in [1.29, 1.82) is 0 Å². The van der Waals surface area contributed by atoms with Crippen LogP contribution in [0.4, 0.5) is 9.59 Å². The molecular formula is C22H33ClN2O5. The maximum absolute atomic E-state index is 12.4. The van der Waals surface area contributed by atoms with Crippen molar-refractivity contribution in [3.05, 3.63) is 34.9 Å². The van der Waals surface area contributed by atoms with Crippen LogP contribution in [0, 0.1) is 5.92 Å². The maximum atomic E-state index is 12.4. The lowest BCUT2D eigenvalue weighted by Gasteiger charge is -2.36. The second kappa shape index (κ2) is 10.9. The standard InChI is InChI=1S/C22H33ClN2O5/c1-22(2,3)30-21(28)25-12-6-8-16(14-25)19(26)11-10-18(24-20(27)29-4)15-7-5-9-17(23)13-15/h5,7,9,13,16,18-19,26H,6,8,10-12,14H2,1-4H3,(H,24,27). The van der Waals surface area contributed by atoms with Crippen LogP contribution in [0.5, 0.6) is 0 Å². The fourth-order valence-corrected chi connectivity index (χ4v) is 3.83. The molecule has 1 aliphatic rings. The Morgan fingerprint density at radius 1 is 1.33 bits per heavy atom. The summed E-state index contributed by atoms with van der Waals surface area (Å²) in [6.45, 7) is 6.61. The van der Waals surface area contributed by atoms with E-state index < -0.39 is 17.8 Å². The van der Waals surface area contributed by atoms with Crippen molar-refractivity contribution >= 4 is 23.8 Å². The van der Waals surface area contributed by atoms with E-state index in [0.717, 1.165) is 18.4 Å². The van der Waals surface area contributed by atoms with Crippen LogP contribution in [0.3, 0.4) is 0 Å². The lowest BCUT2D eigenvalue weighted by atomic mass is 9.88. The number of hydrogen-bond donors (Lipinski definition) is 2. The van der Waals surface area contributed by atoms with Crippen LogP contribution in [0.1, 0.15) is 58.1 Å². The Hall–Kier alpha value is -1.99. The monoisotopic (exact) mass is 440 g/mol. The van der Waals surface area contributed by atoms with E-state index in [9.17, 15) is 14.7 Å². The normalized spacial score (nSPS) is 19.0. The second-order valence-corrected chi connectivity index (χ2v) is 9.15. The Kier molecular flexibility index (Phi) is 8.79. The van der Waals surface area contributed by atoms with E-state index in [1.54, 1.807) is 17.0 Å². The van der Waals surface area contributed by atoms with Crippen molar-refractivity contribution in [2.45, 2.75) is 64.2 Å². The van der Waals surface area contributed by atoms with Crippen LogP contribution in [0.2, 0.25) is 5.02 Å². The smallest absolute Gasteiger partial charge is 0.410 e. The van der Waals surface area contributed by atoms with E-state index >= 15 is 0 Å². The van der Waals surface area contributed by atoms with Gasteiger partial charge in [-0.2, -0.15) is 0 Å². The van der Waals surface area contributed by atoms with Gasteiger partial charge in [-0.3, -0.25) is 0 Å². The summed E-state index contributed by atoms with van der Waals surface area (Å²) in [5.74, 6) is -0.0376.